The minimum atomic E-state index is -0.531. The van der Waals surface area contributed by atoms with Crippen LogP contribution in [0.4, 0.5) is 0 Å². The van der Waals surface area contributed by atoms with Crippen LogP contribution >= 0.6 is 11.8 Å². The molecule has 0 radical (unpaired) electrons. The van der Waals surface area contributed by atoms with Crippen molar-refractivity contribution in [2.24, 2.45) is 0 Å². The SMILES string of the molecule is Cc1cccc(C2(O)CSC2)c1. The van der Waals surface area contributed by atoms with Crippen LogP contribution in [0.1, 0.15) is 11.1 Å². The monoisotopic (exact) mass is 180 g/mol. The third-order valence-electron chi connectivity index (χ3n) is 2.24. The molecule has 1 fully saturated rings. The summed E-state index contributed by atoms with van der Waals surface area (Å²) < 4.78 is 0. The predicted octanol–water partition coefficient (Wildman–Crippen LogP) is 1.93. The summed E-state index contributed by atoms with van der Waals surface area (Å²) in [6, 6.07) is 8.14. The van der Waals surface area contributed by atoms with Crippen LogP contribution in [-0.2, 0) is 5.60 Å². The molecule has 0 bridgehead atoms. The summed E-state index contributed by atoms with van der Waals surface area (Å²) in [7, 11) is 0. The van der Waals surface area contributed by atoms with E-state index >= 15 is 0 Å². The highest BCUT2D eigenvalue weighted by Gasteiger charge is 2.36. The van der Waals surface area contributed by atoms with Crippen molar-refractivity contribution >= 4 is 11.8 Å². The quantitative estimate of drug-likeness (QED) is 0.712. The third-order valence-corrected chi connectivity index (χ3v) is 3.60. The van der Waals surface area contributed by atoms with Gasteiger partial charge in [-0.05, 0) is 12.5 Å². The molecule has 12 heavy (non-hydrogen) atoms. The fourth-order valence-corrected chi connectivity index (χ4v) is 2.32. The fourth-order valence-electron chi connectivity index (χ4n) is 1.40. The summed E-state index contributed by atoms with van der Waals surface area (Å²) in [6.07, 6.45) is 0. The second-order valence-corrected chi connectivity index (χ2v) is 4.38. The number of hydrogen-bond acceptors (Lipinski definition) is 2. The zero-order valence-electron chi connectivity index (χ0n) is 7.08. The summed E-state index contributed by atoms with van der Waals surface area (Å²) in [5.74, 6) is 1.69. The Bertz CT molecular complexity index is 292. The summed E-state index contributed by atoms with van der Waals surface area (Å²) >= 11 is 1.79. The Morgan fingerprint density at radius 3 is 2.67 bits per heavy atom. The van der Waals surface area contributed by atoms with Crippen molar-refractivity contribution in [3.8, 4) is 0 Å². The Labute approximate surface area is 76.8 Å². The molecule has 0 amide bonds. The highest BCUT2D eigenvalue weighted by molar-refractivity contribution is 8.00. The Kier molecular flexibility index (Phi) is 1.89. The maximum atomic E-state index is 9.98. The minimum Gasteiger partial charge on any atom is -0.383 e. The summed E-state index contributed by atoms with van der Waals surface area (Å²) in [6.45, 7) is 2.05. The third kappa shape index (κ3) is 1.25. The highest BCUT2D eigenvalue weighted by atomic mass is 32.2. The second-order valence-electron chi connectivity index (χ2n) is 3.39. The normalized spacial score (nSPS) is 20.2. The van der Waals surface area contributed by atoms with Crippen molar-refractivity contribution in [2.75, 3.05) is 11.5 Å². The van der Waals surface area contributed by atoms with Crippen LogP contribution in [0.2, 0.25) is 0 Å². The van der Waals surface area contributed by atoms with Crippen LogP contribution in [0.3, 0.4) is 0 Å². The molecule has 1 aliphatic rings. The fraction of sp³-hybridized carbons (Fsp3) is 0.400. The largest absolute Gasteiger partial charge is 0.383 e. The van der Waals surface area contributed by atoms with Crippen LogP contribution < -0.4 is 0 Å². The zero-order chi connectivity index (χ0) is 8.60. The molecule has 0 saturated carbocycles. The van der Waals surface area contributed by atoms with Gasteiger partial charge < -0.3 is 5.11 Å². The Balaban J connectivity index is 2.33. The number of thioether (sulfide) groups is 1. The molecule has 1 aromatic rings. The van der Waals surface area contributed by atoms with E-state index in [-0.39, 0.29) is 0 Å². The molecule has 1 aliphatic heterocycles. The van der Waals surface area contributed by atoms with Gasteiger partial charge in [-0.3, -0.25) is 0 Å². The van der Waals surface area contributed by atoms with Gasteiger partial charge in [0.15, 0.2) is 0 Å². The first-order valence-corrected chi connectivity index (χ1v) is 5.23. The van der Waals surface area contributed by atoms with Gasteiger partial charge in [-0.25, -0.2) is 0 Å². The summed E-state index contributed by atoms with van der Waals surface area (Å²) in [5, 5.41) is 9.98. The van der Waals surface area contributed by atoms with Crippen LogP contribution in [0.25, 0.3) is 0 Å². The Morgan fingerprint density at radius 1 is 1.42 bits per heavy atom. The highest BCUT2D eigenvalue weighted by Crippen LogP contribution is 2.38. The lowest BCUT2D eigenvalue weighted by Gasteiger charge is -2.36. The van der Waals surface area contributed by atoms with Gasteiger partial charge in [0.25, 0.3) is 0 Å². The van der Waals surface area contributed by atoms with Crippen LogP contribution in [0, 0.1) is 6.92 Å². The van der Waals surface area contributed by atoms with Crippen molar-refractivity contribution in [1.82, 2.24) is 0 Å². The standard InChI is InChI=1S/C10H12OS/c1-8-3-2-4-9(5-8)10(11)6-12-7-10/h2-5,11H,6-7H2,1H3. The van der Waals surface area contributed by atoms with E-state index in [1.807, 2.05) is 12.1 Å². The Hall–Kier alpha value is -0.470. The first-order valence-electron chi connectivity index (χ1n) is 4.08. The maximum Gasteiger partial charge on any atom is 0.108 e. The van der Waals surface area contributed by atoms with Gasteiger partial charge in [-0.15, -0.1) is 0 Å². The lowest BCUT2D eigenvalue weighted by Crippen LogP contribution is -2.39. The molecule has 1 saturated heterocycles. The molecule has 0 aliphatic carbocycles. The molecule has 1 aromatic carbocycles. The van der Waals surface area contributed by atoms with Crippen molar-refractivity contribution in [3.05, 3.63) is 35.4 Å². The van der Waals surface area contributed by atoms with Gasteiger partial charge >= 0.3 is 0 Å². The van der Waals surface area contributed by atoms with Gasteiger partial charge in [0, 0.05) is 11.5 Å². The van der Waals surface area contributed by atoms with Crippen molar-refractivity contribution in [2.45, 2.75) is 12.5 Å². The zero-order valence-corrected chi connectivity index (χ0v) is 7.90. The van der Waals surface area contributed by atoms with E-state index in [1.165, 1.54) is 5.56 Å². The molecular weight excluding hydrogens is 168 g/mol. The molecule has 2 heteroatoms. The van der Waals surface area contributed by atoms with E-state index in [4.69, 9.17) is 0 Å². The van der Waals surface area contributed by atoms with E-state index < -0.39 is 5.60 Å². The molecule has 1 N–H and O–H groups in total. The number of aliphatic hydroxyl groups is 1. The molecule has 1 nitrogen and oxygen atoms in total. The van der Waals surface area contributed by atoms with E-state index in [9.17, 15) is 5.11 Å². The molecule has 0 unspecified atom stereocenters. The van der Waals surface area contributed by atoms with Gasteiger partial charge in [0.1, 0.15) is 5.60 Å². The van der Waals surface area contributed by atoms with Crippen molar-refractivity contribution < 1.29 is 5.11 Å². The predicted molar refractivity (Wildman–Crippen MR) is 52.4 cm³/mol. The number of hydrogen-bond donors (Lipinski definition) is 1. The van der Waals surface area contributed by atoms with E-state index in [2.05, 4.69) is 19.1 Å². The van der Waals surface area contributed by atoms with Crippen molar-refractivity contribution in [1.29, 1.82) is 0 Å². The van der Waals surface area contributed by atoms with Crippen LogP contribution in [0.15, 0.2) is 24.3 Å². The number of aryl methyl sites for hydroxylation is 1. The first kappa shape index (κ1) is 8.14. The van der Waals surface area contributed by atoms with Crippen molar-refractivity contribution in [3.63, 3.8) is 0 Å². The molecule has 2 rings (SSSR count). The molecule has 0 aromatic heterocycles. The average molecular weight is 180 g/mol. The summed E-state index contributed by atoms with van der Waals surface area (Å²) in [5.41, 5.74) is 1.76. The first-order chi connectivity index (χ1) is 5.71. The van der Waals surface area contributed by atoms with Gasteiger partial charge in [0.2, 0.25) is 0 Å². The molecule has 1 heterocycles. The maximum absolute atomic E-state index is 9.98. The lowest BCUT2D eigenvalue weighted by molar-refractivity contribution is 0.0768. The van der Waals surface area contributed by atoms with E-state index in [1.54, 1.807) is 11.8 Å². The molecule has 0 atom stereocenters. The van der Waals surface area contributed by atoms with Crippen LogP contribution in [-0.4, -0.2) is 16.6 Å². The Morgan fingerprint density at radius 2 is 2.17 bits per heavy atom. The number of benzene rings is 1. The number of rotatable bonds is 1. The lowest BCUT2D eigenvalue weighted by atomic mass is 9.96. The van der Waals surface area contributed by atoms with Gasteiger partial charge in [-0.2, -0.15) is 11.8 Å². The smallest absolute Gasteiger partial charge is 0.108 e. The average Bonchev–Trinajstić information content (AvgIpc) is 2.00. The minimum absolute atomic E-state index is 0.531. The molecule has 0 spiro atoms. The topological polar surface area (TPSA) is 20.2 Å². The van der Waals surface area contributed by atoms with E-state index in [0.29, 0.717) is 0 Å². The van der Waals surface area contributed by atoms with E-state index in [0.717, 1.165) is 17.1 Å². The second kappa shape index (κ2) is 2.79. The molecule has 64 valence electrons. The summed E-state index contributed by atoms with van der Waals surface area (Å²) in [4.78, 5) is 0. The molecular formula is C10H12OS. The van der Waals surface area contributed by atoms with Gasteiger partial charge in [-0.1, -0.05) is 29.8 Å². The van der Waals surface area contributed by atoms with Crippen LogP contribution in [0.5, 0.6) is 0 Å². The van der Waals surface area contributed by atoms with Gasteiger partial charge in [0.05, 0.1) is 0 Å².